The van der Waals surface area contributed by atoms with Gasteiger partial charge in [0.15, 0.2) is 0 Å². The van der Waals surface area contributed by atoms with Gasteiger partial charge in [0, 0.05) is 43.5 Å². The maximum absolute atomic E-state index is 12.7. The van der Waals surface area contributed by atoms with E-state index in [1.807, 2.05) is 16.3 Å². The summed E-state index contributed by atoms with van der Waals surface area (Å²) in [7, 11) is 0. The van der Waals surface area contributed by atoms with Gasteiger partial charge in [-0.25, -0.2) is 15.0 Å². The Hall–Kier alpha value is -2.22. The molecule has 2 aromatic heterocycles. The molecule has 1 aliphatic heterocycles. The maximum atomic E-state index is 12.7. The number of piperazine rings is 1. The summed E-state index contributed by atoms with van der Waals surface area (Å²) in [5.41, 5.74) is 0.559. The van der Waals surface area contributed by atoms with Crippen molar-refractivity contribution in [2.24, 2.45) is 5.92 Å². The fourth-order valence-electron chi connectivity index (χ4n) is 2.79. The third-order valence-electron chi connectivity index (χ3n) is 4.32. The van der Waals surface area contributed by atoms with Crippen molar-refractivity contribution in [3.63, 3.8) is 0 Å². The average Bonchev–Trinajstić information content (AvgIpc) is 3.17. The van der Waals surface area contributed by atoms with Crippen LogP contribution in [0.2, 0.25) is 0 Å². The van der Waals surface area contributed by atoms with E-state index in [1.54, 1.807) is 11.3 Å². The maximum Gasteiger partial charge on any atom is 0.273 e. The molecule has 0 atom stereocenters. The van der Waals surface area contributed by atoms with Crippen molar-refractivity contribution in [3.8, 4) is 5.88 Å². The molecule has 0 aliphatic carbocycles. The zero-order valence-corrected chi connectivity index (χ0v) is 17.2. The van der Waals surface area contributed by atoms with E-state index < -0.39 is 0 Å². The molecule has 0 bridgehead atoms. The van der Waals surface area contributed by atoms with E-state index in [-0.39, 0.29) is 5.91 Å². The number of anilines is 1. The van der Waals surface area contributed by atoms with Crippen molar-refractivity contribution in [2.75, 3.05) is 37.7 Å². The molecule has 3 rings (SSSR count). The molecule has 0 saturated carbocycles. The predicted octanol–water partition coefficient (Wildman–Crippen LogP) is 3.05. The summed E-state index contributed by atoms with van der Waals surface area (Å²) in [6.07, 6.45) is 1.53. The van der Waals surface area contributed by atoms with Crippen LogP contribution in [0.5, 0.6) is 5.88 Å². The molecule has 2 aromatic rings. The summed E-state index contributed by atoms with van der Waals surface area (Å²) in [6.45, 7) is 11.8. The molecular weight excluding hydrogens is 362 g/mol. The lowest BCUT2D eigenvalue weighted by atomic mass is 10.2. The molecule has 0 aromatic carbocycles. The monoisotopic (exact) mass is 389 g/mol. The smallest absolute Gasteiger partial charge is 0.273 e. The first-order chi connectivity index (χ1) is 12.9. The van der Waals surface area contributed by atoms with E-state index >= 15 is 0 Å². The SMILES string of the molecule is CC(C)COc1cc(N2CCN(C(=O)c3csc(C(C)C)n3)CC2)ncn1. The molecule has 1 aliphatic rings. The van der Waals surface area contributed by atoms with Gasteiger partial charge in [0.05, 0.1) is 11.6 Å². The summed E-state index contributed by atoms with van der Waals surface area (Å²) >= 11 is 1.56. The molecule has 0 N–H and O–H groups in total. The zero-order chi connectivity index (χ0) is 19.4. The second-order valence-corrected chi connectivity index (χ2v) is 8.31. The van der Waals surface area contributed by atoms with Crippen LogP contribution in [0.3, 0.4) is 0 Å². The number of ether oxygens (including phenoxy) is 1. The van der Waals surface area contributed by atoms with Gasteiger partial charge in [0.1, 0.15) is 17.8 Å². The highest BCUT2D eigenvalue weighted by molar-refractivity contribution is 7.09. The Morgan fingerprint density at radius 3 is 2.56 bits per heavy atom. The summed E-state index contributed by atoms with van der Waals surface area (Å²) in [5.74, 6) is 2.24. The van der Waals surface area contributed by atoms with E-state index in [1.165, 1.54) is 6.33 Å². The molecule has 8 heteroatoms. The van der Waals surface area contributed by atoms with Gasteiger partial charge < -0.3 is 14.5 Å². The number of thiazole rings is 1. The van der Waals surface area contributed by atoms with E-state index in [4.69, 9.17) is 4.74 Å². The van der Waals surface area contributed by atoms with Crippen LogP contribution in [-0.2, 0) is 0 Å². The van der Waals surface area contributed by atoms with Crippen molar-refractivity contribution >= 4 is 23.1 Å². The van der Waals surface area contributed by atoms with Crippen molar-refractivity contribution in [1.29, 1.82) is 0 Å². The summed E-state index contributed by atoms with van der Waals surface area (Å²) in [4.78, 5) is 29.7. The number of carbonyl (C=O) groups is 1. The summed E-state index contributed by atoms with van der Waals surface area (Å²) in [6, 6.07) is 1.87. The Bertz CT molecular complexity index is 769. The third-order valence-corrected chi connectivity index (χ3v) is 5.46. The average molecular weight is 390 g/mol. The highest BCUT2D eigenvalue weighted by atomic mass is 32.1. The Morgan fingerprint density at radius 1 is 1.19 bits per heavy atom. The third kappa shape index (κ3) is 4.94. The Labute approximate surface area is 164 Å². The topological polar surface area (TPSA) is 71.5 Å². The van der Waals surface area contributed by atoms with Crippen molar-refractivity contribution < 1.29 is 9.53 Å². The first-order valence-corrected chi connectivity index (χ1v) is 10.3. The van der Waals surface area contributed by atoms with Crippen LogP contribution in [0.25, 0.3) is 0 Å². The van der Waals surface area contributed by atoms with Gasteiger partial charge in [-0.15, -0.1) is 11.3 Å². The predicted molar refractivity (Wildman–Crippen MR) is 107 cm³/mol. The quantitative estimate of drug-likeness (QED) is 0.756. The molecule has 0 radical (unpaired) electrons. The normalized spacial score (nSPS) is 14.9. The van der Waals surface area contributed by atoms with Crippen molar-refractivity contribution in [3.05, 3.63) is 28.5 Å². The van der Waals surface area contributed by atoms with E-state index in [9.17, 15) is 4.79 Å². The number of hydrogen-bond acceptors (Lipinski definition) is 7. The lowest BCUT2D eigenvalue weighted by Crippen LogP contribution is -2.49. The standard InChI is InChI=1S/C19H27N5O2S/c1-13(2)10-26-17-9-16(20-12-21-17)23-5-7-24(8-6-23)19(25)15-11-27-18(22-15)14(3)4/h9,11-14H,5-8,10H2,1-4H3. The number of carbonyl (C=O) groups excluding carboxylic acids is 1. The van der Waals surface area contributed by atoms with Gasteiger partial charge in [-0.3, -0.25) is 4.79 Å². The minimum atomic E-state index is 0.0152. The summed E-state index contributed by atoms with van der Waals surface area (Å²) < 4.78 is 5.69. The van der Waals surface area contributed by atoms with Crippen LogP contribution < -0.4 is 9.64 Å². The fraction of sp³-hybridized carbons (Fsp3) is 0.579. The Morgan fingerprint density at radius 2 is 1.93 bits per heavy atom. The fourth-order valence-corrected chi connectivity index (χ4v) is 3.59. The van der Waals surface area contributed by atoms with Gasteiger partial charge in [-0.1, -0.05) is 27.7 Å². The number of rotatable bonds is 6. The molecule has 1 saturated heterocycles. The molecular formula is C19H27N5O2S. The molecule has 0 spiro atoms. The first-order valence-electron chi connectivity index (χ1n) is 9.38. The molecule has 1 amide bonds. The molecule has 0 unspecified atom stereocenters. The van der Waals surface area contributed by atoms with Crippen LogP contribution >= 0.6 is 11.3 Å². The van der Waals surface area contributed by atoms with Gasteiger partial charge in [-0.05, 0) is 5.92 Å². The Kier molecular flexibility index (Phi) is 6.26. The van der Waals surface area contributed by atoms with Crippen LogP contribution in [0, 0.1) is 5.92 Å². The minimum Gasteiger partial charge on any atom is -0.477 e. The lowest BCUT2D eigenvalue weighted by Gasteiger charge is -2.35. The highest BCUT2D eigenvalue weighted by Gasteiger charge is 2.25. The highest BCUT2D eigenvalue weighted by Crippen LogP contribution is 2.22. The second-order valence-electron chi connectivity index (χ2n) is 7.42. The van der Waals surface area contributed by atoms with Gasteiger partial charge in [0.2, 0.25) is 5.88 Å². The number of hydrogen-bond donors (Lipinski definition) is 0. The van der Waals surface area contributed by atoms with E-state index in [0.717, 1.165) is 23.9 Å². The van der Waals surface area contributed by atoms with Crippen molar-refractivity contribution in [2.45, 2.75) is 33.6 Å². The van der Waals surface area contributed by atoms with Crippen molar-refractivity contribution in [1.82, 2.24) is 19.9 Å². The summed E-state index contributed by atoms with van der Waals surface area (Å²) in [5, 5.41) is 2.87. The molecule has 146 valence electrons. The van der Waals surface area contributed by atoms with Crippen LogP contribution in [0.15, 0.2) is 17.8 Å². The molecule has 27 heavy (non-hydrogen) atoms. The minimum absolute atomic E-state index is 0.0152. The molecule has 7 nitrogen and oxygen atoms in total. The zero-order valence-electron chi connectivity index (χ0n) is 16.4. The molecule has 1 fully saturated rings. The van der Waals surface area contributed by atoms with Gasteiger partial charge in [-0.2, -0.15) is 0 Å². The van der Waals surface area contributed by atoms with E-state index in [0.29, 0.717) is 43.1 Å². The van der Waals surface area contributed by atoms with Crippen LogP contribution in [-0.4, -0.2) is 58.5 Å². The second kappa shape index (κ2) is 8.65. The Balaban J connectivity index is 1.58. The van der Waals surface area contributed by atoms with Crippen LogP contribution in [0.1, 0.15) is 49.1 Å². The molecule has 3 heterocycles. The van der Waals surface area contributed by atoms with Gasteiger partial charge >= 0.3 is 0 Å². The number of aromatic nitrogens is 3. The number of nitrogens with zero attached hydrogens (tertiary/aromatic N) is 5. The largest absolute Gasteiger partial charge is 0.477 e. The first kappa shape index (κ1) is 19.5. The van der Waals surface area contributed by atoms with E-state index in [2.05, 4.69) is 47.5 Å². The lowest BCUT2D eigenvalue weighted by molar-refractivity contribution is 0.0741. The van der Waals surface area contributed by atoms with Crippen LogP contribution in [0.4, 0.5) is 5.82 Å². The van der Waals surface area contributed by atoms with Gasteiger partial charge in [0.25, 0.3) is 5.91 Å². The number of amides is 1.